The van der Waals surface area contributed by atoms with Crippen LogP contribution >= 0.6 is 0 Å². The van der Waals surface area contributed by atoms with E-state index in [1.54, 1.807) is 6.92 Å². The van der Waals surface area contributed by atoms with Gasteiger partial charge in [0.1, 0.15) is 12.2 Å². The topological polar surface area (TPSA) is 49.4 Å². The molecular weight excluding hydrogens is 211 g/mol. The minimum Gasteiger partial charge on any atom is -0.342 e. The highest BCUT2D eigenvalue weighted by molar-refractivity contribution is 5.93. The minimum atomic E-state index is -0.803. The van der Waals surface area contributed by atoms with Crippen molar-refractivity contribution in [1.29, 1.82) is 0 Å². The van der Waals surface area contributed by atoms with Crippen LogP contribution in [0.25, 0.3) is 0 Å². The number of carbonyl (C=O) groups is 2. The predicted octanol–water partition coefficient (Wildman–Crippen LogP) is 0.473. The Kier molecular flexibility index (Phi) is 2.86. The quantitative estimate of drug-likeness (QED) is 0.763. The van der Waals surface area contributed by atoms with Gasteiger partial charge in [0.05, 0.1) is 0 Å². The first kappa shape index (κ1) is 11.4. The third kappa shape index (κ3) is 1.90. The van der Waals surface area contributed by atoms with E-state index in [2.05, 4.69) is 5.32 Å². The Morgan fingerprint density at radius 1 is 1.50 bits per heavy atom. The van der Waals surface area contributed by atoms with Crippen LogP contribution < -0.4 is 5.32 Å². The Labute approximate surface area is 94.2 Å². The second kappa shape index (κ2) is 4.03. The van der Waals surface area contributed by atoms with Gasteiger partial charge in [-0.1, -0.05) is 0 Å². The number of hydrogen-bond acceptors (Lipinski definition) is 2. The summed E-state index contributed by atoms with van der Waals surface area (Å²) in [7, 11) is 0. The molecule has 0 aromatic carbocycles. The minimum absolute atomic E-state index is 0.0934. The largest absolute Gasteiger partial charge is 0.342 e. The van der Waals surface area contributed by atoms with Crippen LogP contribution in [-0.2, 0) is 9.59 Å². The smallest absolute Gasteiger partial charge is 0.248 e. The van der Waals surface area contributed by atoms with Crippen LogP contribution in [0.15, 0.2) is 0 Å². The third-order valence-electron chi connectivity index (χ3n) is 3.49. The molecule has 1 N–H and O–H groups in total. The molecule has 2 rings (SSSR count). The molecule has 1 atom stereocenters. The molecule has 0 spiro atoms. The first-order valence-corrected chi connectivity index (χ1v) is 5.74. The van der Waals surface area contributed by atoms with E-state index >= 15 is 0 Å². The summed E-state index contributed by atoms with van der Waals surface area (Å²) in [5.41, 5.74) is -0.803. The van der Waals surface area contributed by atoms with Gasteiger partial charge in [-0.3, -0.25) is 9.59 Å². The van der Waals surface area contributed by atoms with Gasteiger partial charge in [0.15, 0.2) is 0 Å². The molecule has 16 heavy (non-hydrogen) atoms. The summed E-state index contributed by atoms with van der Waals surface area (Å²) in [4.78, 5) is 25.2. The number of rotatable bonds is 3. The predicted molar refractivity (Wildman–Crippen MR) is 56.4 cm³/mol. The van der Waals surface area contributed by atoms with Gasteiger partial charge < -0.3 is 10.2 Å². The van der Waals surface area contributed by atoms with Crippen molar-refractivity contribution in [3.63, 3.8) is 0 Å². The maximum atomic E-state index is 12.4. The zero-order chi connectivity index (χ0) is 11.8. The van der Waals surface area contributed by atoms with Crippen molar-refractivity contribution >= 4 is 11.8 Å². The Bertz CT molecular complexity index is 317. The summed E-state index contributed by atoms with van der Waals surface area (Å²) in [6, 6.07) is 0. The molecule has 1 heterocycles. The SMILES string of the molecule is CC1(C2CC2)NC(=O)CCN(CCF)C1=O. The first-order valence-electron chi connectivity index (χ1n) is 5.74. The lowest BCUT2D eigenvalue weighted by Gasteiger charge is -2.31. The zero-order valence-electron chi connectivity index (χ0n) is 9.46. The number of nitrogens with zero attached hydrogens (tertiary/aromatic N) is 1. The molecule has 0 aromatic heterocycles. The molecule has 2 fully saturated rings. The summed E-state index contributed by atoms with van der Waals surface area (Å²) in [6.45, 7) is 1.63. The summed E-state index contributed by atoms with van der Waals surface area (Å²) in [6.07, 6.45) is 2.20. The van der Waals surface area contributed by atoms with E-state index < -0.39 is 12.2 Å². The van der Waals surface area contributed by atoms with Crippen LogP contribution in [0, 0.1) is 5.92 Å². The molecule has 0 bridgehead atoms. The van der Waals surface area contributed by atoms with Crippen LogP contribution in [0.3, 0.4) is 0 Å². The van der Waals surface area contributed by atoms with Crippen molar-refractivity contribution in [3.05, 3.63) is 0 Å². The second-order valence-corrected chi connectivity index (χ2v) is 4.76. The van der Waals surface area contributed by atoms with Gasteiger partial charge in [-0.2, -0.15) is 0 Å². The van der Waals surface area contributed by atoms with E-state index in [0.717, 1.165) is 12.8 Å². The van der Waals surface area contributed by atoms with Gasteiger partial charge in [0.2, 0.25) is 11.8 Å². The van der Waals surface area contributed by atoms with Gasteiger partial charge in [-0.05, 0) is 25.7 Å². The van der Waals surface area contributed by atoms with E-state index in [-0.39, 0.29) is 30.7 Å². The molecule has 4 nitrogen and oxygen atoms in total. The highest BCUT2D eigenvalue weighted by atomic mass is 19.1. The number of alkyl halides is 1. The van der Waals surface area contributed by atoms with Crippen molar-refractivity contribution in [2.24, 2.45) is 5.92 Å². The summed E-state index contributed by atoms with van der Waals surface area (Å²) in [5.74, 6) is -0.00762. The maximum absolute atomic E-state index is 12.4. The molecule has 1 saturated carbocycles. The molecule has 0 radical (unpaired) electrons. The molecule has 1 aliphatic carbocycles. The summed E-state index contributed by atoms with van der Waals surface area (Å²) >= 11 is 0. The van der Waals surface area contributed by atoms with Crippen LogP contribution in [0.4, 0.5) is 4.39 Å². The van der Waals surface area contributed by atoms with Crippen molar-refractivity contribution < 1.29 is 14.0 Å². The van der Waals surface area contributed by atoms with Gasteiger partial charge in [-0.25, -0.2) is 4.39 Å². The number of hydrogen-bond donors (Lipinski definition) is 1. The standard InChI is InChI=1S/C11H17FN2O2/c1-11(8-2-3-8)10(16)14(7-5-12)6-4-9(15)13-11/h8H,2-7H2,1H3,(H,13,15). The fraction of sp³-hybridized carbons (Fsp3) is 0.818. The molecule has 2 aliphatic rings. The van der Waals surface area contributed by atoms with Crippen LogP contribution in [0.5, 0.6) is 0 Å². The van der Waals surface area contributed by atoms with E-state index in [9.17, 15) is 14.0 Å². The Morgan fingerprint density at radius 3 is 2.75 bits per heavy atom. The molecule has 90 valence electrons. The van der Waals surface area contributed by atoms with E-state index in [1.807, 2.05) is 0 Å². The van der Waals surface area contributed by atoms with Crippen molar-refractivity contribution in [2.75, 3.05) is 19.8 Å². The molecule has 1 aliphatic heterocycles. The molecule has 0 aromatic rings. The van der Waals surface area contributed by atoms with E-state index in [0.29, 0.717) is 6.54 Å². The summed E-state index contributed by atoms with van der Waals surface area (Å²) in [5, 5.41) is 2.80. The number of amides is 2. The zero-order valence-corrected chi connectivity index (χ0v) is 9.46. The first-order chi connectivity index (χ1) is 7.58. The highest BCUT2D eigenvalue weighted by Gasteiger charge is 2.50. The maximum Gasteiger partial charge on any atom is 0.248 e. The molecule has 1 saturated heterocycles. The third-order valence-corrected chi connectivity index (χ3v) is 3.49. The van der Waals surface area contributed by atoms with E-state index in [1.165, 1.54) is 4.90 Å². The summed E-state index contributed by atoms with van der Waals surface area (Å²) < 4.78 is 12.4. The fourth-order valence-electron chi connectivity index (χ4n) is 2.32. The van der Waals surface area contributed by atoms with Gasteiger partial charge >= 0.3 is 0 Å². The molecule has 5 heteroatoms. The van der Waals surface area contributed by atoms with Gasteiger partial charge in [0, 0.05) is 19.5 Å². The monoisotopic (exact) mass is 228 g/mol. The van der Waals surface area contributed by atoms with Gasteiger partial charge in [0.25, 0.3) is 0 Å². The van der Waals surface area contributed by atoms with E-state index in [4.69, 9.17) is 0 Å². The highest BCUT2D eigenvalue weighted by Crippen LogP contribution is 2.41. The number of halogens is 1. The van der Waals surface area contributed by atoms with Crippen molar-refractivity contribution in [3.8, 4) is 0 Å². The number of nitrogens with one attached hydrogen (secondary N) is 1. The van der Waals surface area contributed by atoms with Crippen LogP contribution in [0.1, 0.15) is 26.2 Å². The van der Waals surface area contributed by atoms with Crippen LogP contribution in [-0.4, -0.2) is 42.0 Å². The second-order valence-electron chi connectivity index (χ2n) is 4.76. The Hall–Kier alpha value is -1.13. The number of carbonyl (C=O) groups excluding carboxylic acids is 2. The fourth-order valence-corrected chi connectivity index (χ4v) is 2.32. The Morgan fingerprint density at radius 2 is 2.19 bits per heavy atom. The lowest BCUT2D eigenvalue weighted by atomic mass is 9.94. The average Bonchev–Trinajstić information content (AvgIpc) is 3.05. The van der Waals surface area contributed by atoms with Crippen molar-refractivity contribution in [2.45, 2.75) is 31.7 Å². The lowest BCUT2D eigenvalue weighted by molar-refractivity contribution is -0.139. The molecule has 1 unspecified atom stereocenters. The van der Waals surface area contributed by atoms with Crippen LogP contribution in [0.2, 0.25) is 0 Å². The van der Waals surface area contributed by atoms with Gasteiger partial charge in [-0.15, -0.1) is 0 Å². The normalized spacial score (nSPS) is 31.2. The van der Waals surface area contributed by atoms with Crippen molar-refractivity contribution in [1.82, 2.24) is 10.2 Å². The average molecular weight is 228 g/mol. The molecule has 2 amide bonds. The Balaban J connectivity index is 2.20. The lowest BCUT2D eigenvalue weighted by Crippen LogP contribution is -2.57. The molecular formula is C11H17FN2O2.